The molecule has 0 aromatic rings. The zero-order valence-electron chi connectivity index (χ0n) is 10.8. The smallest absolute Gasteiger partial charge is 0.677 e. The number of ketones is 1. The van der Waals surface area contributed by atoms with Crippen molar-refractivity contribution in [1.29, 1.82) is 0 Å². The van der Waals surface area contributed by atoms with Gasteiger partial charge in [0, 0.05) is 12.8 Å². The number of carboxylic acids is 2. The quantitative estimate of drug-likeness (QED) is 0.489. The Balaban J connectivity index is 0.000000359. The molecule has 0 saturated heterocycles. The second kappa shape index (κ2) is 7.86. The zero-order chi connectivity index (χ0) is 14.6. The summed E-state index contributed by atoms with van der Waals surface area (Å²) < 4.78 is 0. The SMILES string of the molecule is O=C1CC(C(=O)[O-])(C(=O)[O-])C1.[NH-]CC1CCC1C[NH-].[Pt+4]. The second-order valence-electron chi connectivity index (χ2n) is 5.06. The van der Waals surface area contributed by atoms with Crippen molar-refractivity contribution in [3.05, 3.63) is 11.5 Å². The van der Waals surface area contributed by atoms with Crippen LogP contribution in [-0.2, 0) is 35.4 Å². The van der Waals surface area contributed by atoms with Crippen LogP contribution in [0.4, 0.5) is 0 Å². The predicted octanol–water partition coefficient (Wildman–Crippen LogP) is -1.05. The van der Waals surface area contributed by atoms with Crippen molar-refractivity contribution in [3.63, 3.8) is 0 Å². The molecule has 0 spiro atoms. The van der Waals surface area contributed by atoms with Gasteiger partial charge in [-0.05, 0) is 0 Å². The normalized spacial score (nSPS) is 26.0. The van der Waals surface area contributed by atoms with E-state index in [1.165, 1.54) is 12.8 Å². The van der Waals surface area contributed by atoms with Crippen molar-refractivity contribution in [1.82, 2.24) is 0 Å². The Morgan fingerprint density at radius 2 is 1.40 bits per heavy atom. The first-order chi connectivity index (χ1) is 8.87. The van der Waals surface area contributed by atoms with Crippen molar-refractivity contribution in [2.45, 2.75) is 25.7 Å². The Labute approximate surface area is 131 Å². The Morgan fingerprint density at radius 1 is 1.05 bits per heavy atom. The summed E-state index contributed by atoms with van der Waals surface area (Å²) in [4.78, 5) is 30.8. The molecule has 0 amide bonds. The summed E-state index contributed by atoms with van der Waals surface area (Å²) in [6, 6.07) is 0. The molecule has 2 aliphatic rings. The molecule has 8 heteroatoms. The Morgan fingerprint density at radius 3 is 1.50 bits per heavy atom. The molecule has 2 unspecified atom stereocenters. The first-order valence-electron chi connectivity index (χ1n) is 6.11. The number of aliphatic carboxylic acids is 2. The van der Waals surface area contributed by atoms with Crippen LogP contribution in [0.25, 0.3) is 11.5 Å². The van der Waals surface area contributed by atoms with Gasteiger partial charge in [0.1, 0.15) is 5.78 Å². The fourth-order valence-corrected chi connectivity index (χ4v) is 2.17. The number of carbonyl (C=O) groups is 3. The Hall–Kier alpha value is -0.782. The largest absolute Gasteiger partial charge is 4.00 e. The topological polar surface area (TPSA) is 145 Å². The number of rotatable bonds is 4. The molecule has 114 valence electrons. The molecule has 2 saturated carbocycles. The van der Waals surface area contributed by atoms with E-state index in [2.05, 4.69) is 0 Å². The summed E-state index contributed by atoms with van der Waals surface area (Å²) in [7, 11) is 0. The van der Waals surface area contributed by atoms with Crippen molar-refractivity contribution < 1.29 is 45.7 Å². The van der Waals surface area contributed by atoms with Gasteiger partial charge in [-0.15, -0.1) is 13.1 Å². The third-order valence-electron chi connectivity index (χ3n) is 3.88. The maximum Gasteiger partial charge on any atom is 4.00 e. The van der Waals surface area contributed by atoms with Gasteiger partial charge in [-0.25, -0.2) is 0 Å². The van der Waals surface area contributed by atoms with Gasteiger partial charge >= 0.3 is 21.1 Å². The molecule has 2 aliphatic carbocycles. The van der Waals surface area contributed by atoms with Crippen LogP contribution in [0, 0.1) is 17.3 Å². The first-order valence-corrected chi connectivity index (χ1v) is 6.11. The minimum atomic E-state index is -2.04. The minimum absolute atomic E-state index is 0. The second-order valence-corrected chi connectivity index (χ2v) is 5.06. The van der Waals surface area contributed by atoms with Gasteiger partial charge in [-0.3, -0.25) is 4.79 Å². The molecule has 2 N–H and O–H groups in total. The molecule has 0 aromatic heterocycles. The molecule has 0 radical (unpaired) electrons. The summed E-state index contributed by atoms with van der Waals surface area (Å²) >= 11 is 0. The molecular weight excluding hydrogens is 447 g/mol. The summed E-state index contributed by atoms with van der Waals surface area (Å²) in [5, 5.41) is 20.4. The third kappa shape index (κ3) is 3.87. The van der Waals surface area contributed by atoms with Gasteiger partial charge in [-0.2, -0.15) is 0 Å². The first kappa shape index (κ1) is 19.2. The van der Waals surface area contributed by atoms with E-state index in [4.69, 9.17) is 11.5 Å². The standard InChI is InChI=1S/C6H12N2.C6H6O5.Pt/c7-3-5-1-2-6(5)4-8;7-3-1-6(2-3,4(8)9)5(10)11;/h5-8H,1-4H2;1-2H2,(H,8,9)(H,10,11);/q-2;;+4/p-2. The summed E-state index contributed by atoms with van der Waals surface area (Å²) in [6.45, 7) is 1.09. The Kier molecular flexibility index (Phi) is 7.55. The predicted molar refractivity (Wildman–Crippen MR) is 61.3 cm³/mol. The van der Waals surface area contributed by atoms with Crippen LogP contribution in [0.3, 0.4) is 0 Å². The van der Waals surface area contributed by atoms with Crippen molar-refractivity contribution in [3.8, 4) is 0 Å². The number of carbonyl (C=O) groups excluding carboxylic acids is 3. The van der Waals surface area contributed by atoms with Gasteiger partial charge in [0.05, 0.1) is 17.4 Å². The van der Waals surface area contributed by atoms with Crippen LogP contribution in [0.1, 0.15) is 25.7 Å². The minimum Gasteiger partial charge on any atom is -0.677 e. The van der Waals surface area contributed by atoms with Gasteiger partial charge in [-0.1, -0.05) is 24.7 Å². The van der Waals surface area contributed by atoms with Crippen molar-refractivity contribution in [2.24, 2.45) is 17.3 Å². The van der Waals surface area contributed by atoms with Crippen LogP contribution in [-0.4, -0.2) is 30.8 Å². The third-order valence-corrected chi connectivity index (χ3v) is 3.88. The van der Waals surface area contributed by atoms with Crippen molar-refractivity contribution in [2.75, 3.05) is 13.1 Å². The average molecular weight is 463 g/mol. The average Bonchev–Trinajstić information content (AvgIpc) is 2.24. The monoisotopic (exact) mass is 463 g/mol. The number of hydrogen-bond donors (Lipinski definition) is 0. The molecule has 20 heavy (non-hydrogen) atoms. The summed E-state index contributed by atoms with van der Waals surface area (Å²) in [5.41, 5.74) is 12.0. The van der Waals surface area contributed by atoms with Gasteiger partial charge in [0.15, 0.2) is 0 Å². The maximum atomic E-state index is 10.3. The van der Waals surface area contributed by atoms with Gasteiger partial charge < -0.3 is 31.3 Å². The number of hydrogen-bond acceptors (Lipinski definition) is 5. The van der Waals surface area contributed by atoms with E-state index in [1.54, 1.807) is 0 Å². The van der Waals surface area contributed by atoms with Crippen LogP contribution in [0.15, 0.2) is 0 Å². The van der Waals surface area contributed by atoms with E-state index < -0.39 is 36.0 Å². The molecule has 0 aromatic carbocycles. The number of nitrogens with one attached hydrogen (secondary N) is 2. The van der Waals surface area contributed by atoms with E-state index in [9.17, 15) is 24.6 Å². The fourth-order valence-electron chi connectivity index (χ4n) is 2.17. The van der Waals surface area contributed by atoms with Crippen LogP contribution in [0.5, 0.6) is 0 Å². The maximum absolute atomic E-state index is 10.3. The Bertz CT molecular complexity index is 350. The number of Topliss-reactive ketones (excluding diaryl/α,β-unsaturated/α-hetero) is 1. The van der Waals surface area contributed by atoms with E-state index in [0.717, 1.165) is 0 Å². The molecule has 0 heterocycles. The van der Waals surface area contributed by atoms with Gasteiger partial charge in [0.25, 0.3) is 0 Å². The van der Waals surface area contributed by atoms with Crippen LogP contribution < -0.4 is 10.2 Å². The van der Waals surface area contributed by atoms with Crippen LogP contribution >= 0.6 is 0 Å². The van der Waals surface area contributed by atoms with E-state index in [0.29, 0.717) is 24.9 Å². The van der Waals surface area contributed by atoms with Crippen LogP contribution in [0.2, 0.25) is 0 Å². The molecule has 2 fully saturated rings. The van der Waals surface area contributed by atoms with E-state index in [-0.39, 0.29) is 21.1 Å². The zero-order valence-corrected chi connectivity index (χ0v) is 13.0. The van der Waals surface area contributed by atoms with Crippen molar-refractivity contribution >= 4 is 17.7 Å². The molecule has 2 atom stereocenters. The van der Waals surface area contributed by atoms with E-state index in [1.807, 2.05) is 0 Å². The molecule has 2 rings (SSSR count). The molecule has 7 nitrogen and oxygen atoms in total. The number of carboxylic acid groups (broad SMARTS) is 2. The summed E-state index contributed by atoms with van der Waals surface area (Å²) in [5.74, 6) is -2.72. The van der Waals surface area contributed by atoms with E-state index >= 15 is 0 Å². The molecule has 0 bridgehead atoms. The van der Waals surface area contributed by atoms with Gasteiger partial charge in [0.2, 0.25) is 0 Å². The fraction of sp³-hybridized carbons (Fsp3) is 0.750. The summed E-state index contributed by atoms with van der Waals surface area (Å²) in [6.07, 6.45) is 1.40. The molecular formula is C12H16N2O5Pt. The molecule has 0 aliphatic heterocycles.